The second kappa shape index (κ2) is 6.19. The second-order valence-electron chi connectivity index (χ2n) is 5.60. The van der Waals surface area contributed by atoms with E-state index in [1.54, 1.807) is 23.1 Å². The predicted molar refractivity (Wildman–Crippen MR) is 91.9 cm³/mol. The Morgan fingerprint density at radius 3 is 2.83 bits per heavy atom. The van der Waals surface area contributed by atoms with Gasteiger partial charge in [-0.2, -0.15) is 10.2 Å². The number of fused-ring (bicyclic) bond motifs is 1. The van der Waals surface area contributed by atoms with Gasteiger partial charge in [-0.1, -0.05) is 6.07 Å². The van der Waals surface area contributed by atoms with E-state index < -0.39 is 0 Å². The number of hydrazone groups is 1. The van der Waals surface area contributed by atoms with Crippen molar-refractivity contribution < 1.29 is 4.79 Å². The average Bonchev–Trinajstić information content (AvgIpc) is 2.86. The Morgan fingerprint density at radius 2 is 2.12 bits per heavy atom. The lowest BCUT2D eigenvalue weighted by Gasteiger charge is -2.06. The molecule has 24 heavy (non-hydrogen) atoms. The zero-order chi connectivity index (χ0) is 17.3. The largest absolute Gasteiger partial charge is 0.272 e. The van der Waals surface area contributed by atoms with Crippen LogP contribution in [0.3, 0.4) is 0 Å². The molecule has 0 aliphatic rings. The third-order valence-corrected chi connectivity index (χ3v) is 3.75. The summed E-state index contributed by atoms with van der Waals surface area (Å²) in [5.41, 5.74) is 6.87. The molecule has 0 aliphatic heterocycles. The van der Waals surface area contributed by atoms with Crippen LogP contribution < -0.4 is 5.43 Å². The molecule has 122 valence electrons. The number of amides is 1. The van der Waals surface area contributed by atoms with Gasteiger partial charge in [0.25, 0.3) is 5.91 Å². The molecule has 0 fully saturated rings. The van der Waals surface area contributed by atoms with E-state index in [2.05, 4.69) is 25.6 Å². The maximum Gasteiger partial charge on any atom is 0.272 e. The van der Waals surface area contributed by atoms with Crippen molar-refractivity contribution in [2.75, 3.05) is 0 Å². The summed E-state index contributed by atoms with van der Waals surface area (Å²) in [4.78, 5) is 21.1. The second-order valence-corrected chi connectivity index (χ2v) is 5.60. The Morgan fingerprint density at radius 1 is 1.33 bits per heavy atom. The fourth-order valence-corrected chi connectivity index (χ4v) is 2.59. The molecule has 3 aromatic heterocycles. The highest BCUT2D eigenvalue weighted by molar-refractivity contribution is 6.07. The van der Waals surface area contributed by atoms with E-state index in [4.69, 9.17) is 0 Å². The third-order valence-electron chi connectivity index (χ3n) is 3.75. The first-order valence-electron chi connectivity index (χ1n) is 7.53. The summed E-state index contributed by atoms with van der Waals surface area (Å²) < 4.78 is 1.68. The van der Waals surface area contributed by atoms with Gasteiger partial charge in [-0.25, -0.2) is 10.4 Å². The third kappa shape index (κ3) is 2.88. The van der Waals surface area contributed by atoms with Crippen LogP contribution in [0.4, 0.5) is 0 Å². The van der Waals surface area contributed by atoms with E-state index in [9.17, 15) is 4.79 Å². The quantitative estimate of drug-likeness (QED) is 0.591. The number of rotatable bonds is 3. The van der Waals surface area contributed by atoms with Gasteiger partial charge in [0.15, 0.2) is 5.65 Å². The van der Waals surface area contributed by atoms with Gasteiger partial charge in [0.2, 0.25) is 0 Å². The zero-order valence-corrected chi connectivity index (χ0v) is 14.0. The molecule has 0 saturated carbocycles. The predicted octanol–water partition coefficient (Wildman–Crippen LogP) is 2.13. The summed E-state index contributed by atoms with van der Waals surface area (Å²) >= 11 is 0. The highest BCUT2D eigenvalue weighted by Crippen LogP contribution is 2.21. The van der Waals surface area contributed by atoms with Crippen LogP contribution in [0.15, 0.2) is 35.7 Å². The topological polar surface area (TPSA) is 85.1 Å². The van der Waals surface area contributed by atoms with Crippen LogP contribution in [0, 0.1) is 13.8 Å². The molecule has 0 bridgehead atoms. The van der Waals surface area contributed by atoms with Crippen LogP contribution in [0.2, 0.25) is 0 Å². The number of pyridine rings is 2. The molecule has 0 aliphatic carbocycles. The van der Waals surface area contributed by atoms with Gasteiger partial charge >= 0.3 is 0 Å². The van der Waals surface area contributed by atoms with Crippen molar-refractivity contribution in [3.8, 4) is 0 Å². The summed E-state index contributed by atoms with van der Waals surface area (Å²) in [6.07, 6.45) is 3.39. The van der Waals surface area contributed by atoms with Crippen molar-refractivity contribution in [1.82, 2.24) is 25.2 Å². The Balaban J connectivity index is 1.95. The minimum absolute atomic E-state index is 0.287. The molecule has 1 amide bonds. The van der Waals surface area contributed by atoms with Gasteiger partial charge < -0.3 is 0 Å². The Hall–Kier alpha value is -3.09. The molecular formula is C17H18N6O. The number of hydrogen-bond acceptors (Lipinski definition) is 5. The van der Waals surface area contributed by atoms with Crippen molar-refractivity contribution in [3.05, 3.63) is 53.1 Å². The molecule has 0 spiro atoms. The molecule has 0 aromatic carbocycles. The number of carbonyl (C=O) groups excluding carboxylic acids is 1. The van der Waals surface area contributed by atoms with Crippen LogP contribution in [0.5, 0.6) is 0 Å². The van der Waals surface area contributed by atoms with E-state index in [0.29, 0.717) is 16.9 Å². The summed E-state index contributed by atoms with van der Waals surface area (Å²) in [6, 6.07) is 5.46. The van der Waals surface area contributed by atoms with Crippen LogP contribution in [-0.2, 0) is 7.05 Å². The minimum atomic E-state index is -0.287. The van der Waals surface area contributed by atoms with Gasteiger partial charge in [0.1, 0.15) is 0 Å². The van der Waals surface area contributed by atoms with Gasteiger partial charge in [-0.05, 0) is 32.9 Å². The van der Waals surface area contributed by atoms with Crippen LogP contribution in [-0.4, -0.2) is 31.4 Å². The van der Waals surface area contributed by atoms with Gasteiger partial charge in [-0.3, -0.25) is 14.5 Å². The van der Waals surface area contributed by atoms with E-state index in [1.165, 1.54) is 0 Å². The average molecular weight is 322 g/mol. The normalized spacial score (nSPS) is 11.8. The van der Waals surface area contributed by atoms with Crippen LogP contribution in [0.1, 0.15) is 34.2 Å². The first-order chi connectivity index (χ1) is 11.5. The molecule has 3 heterocycles. The molecule has 1 N–H and O–H groups in total. The summed E-state index contributed by atoms with van der Waals surface area (Å²) in [7, 11) is 1.81. The van der Waals surface area contributed by atoms with Crippen molar-refractivity contribution in [2.45, 2.75) is 20.8 Å². The van der Waals surface area contributed by atoms with Crippen molar-refractivity contribution in [3.63, 3.8) is 0 Å². The molecule has 3 aromatic rings. The molecule has 7 nitrogen and oxygen atoms in total. The lowest BCUT2D eigenvalue weighted by atomic mass is 10.1. The maximum atomic E-state index is 12.6. The molecular weight excluding hydrogens is 304 g/mol. The van der Waals surface area contributed by atoms with E-state index in [1.807, 2.05) is 40.0 Å². The fourth-order valence-electron chi connectivity index (χ4n) is 2.59. The molecule has 3 rings (SSSR count). The Bertz CT molecular complexity index is 943. The maximum absolute atomic E-state index is 12.6. The smallest absolute Gasteiger partial charge is 0.267 e. The van der Waals surface area contributed by atoms with Gasteiger partial charge in [0.05, 0.1) is 22.4 Å². The van der Waals surface area contributed by atoms with Crippen molar-refractivity contribution in [2.24, 2.45) is 12.1 Å². The monoisotopic (exact) mass is 322 g/mol. The molecule has 0 atom stereocenters. The standard InChI is InChI=1S/C17H18N6O/c1-10-8-14(15-12(3)22-23(4)16(15)19-10)17(24)21-20-11(2)13-6-5-7-18-9-13/h5-9H,1-4H3,(H,21,24)/b20-11-. The lowest BCUT2D eigenvalue weighted by Crippen LogP contribution is -2.20. The Kier molecular flexibility index (Phi) is 4.07. The number of aryl methyl sites for hydroxylation is 3. The van der Waals surface area contributed by atoms with E-state index in [0.717, 1.165) is 22.3 Å². The fraction of sp³-hybridized carbons (Fsp3) is 0.235. The Labute approximate surface area is 139 Å². The summed E-state index contributed by atoms with van der Waals surface area (Å²) in [5.74, 6) is -0.287. The number of nitrogens with zero attached hydrogens (tertiary/aromatic N) is 5. The van der Waals surface area contributed by atoms with E-state index in [-0.39, 0.29) is 5.91 Å². The molecule has 0 radical (unpaired) electrons. The highest BCUT2D eigenvalue weighted by Gasteiger charge is 2.17. The van der Waals surface area contributed by atoms with Gasteiger partial charge in [-0.15, -0.1) is 0 Å². The lowest BCUT2D eigenvalue weighted by molar-refractivity contribution is 0.0956. The molecule has 0 unspecified atom stereocenters. The summed E-state index contributed by atoms with van der Waals surface area (Å²) in [6.45, 7) is 5.53. The number of aromatic nitrogens is 4. The first-order valence-corrected chi connectivity index (χ1v) is 7.53. The van der Waals surface area contributed by atoms with E-state index >= 15 is 0 Å². The molecule has 0 saturated heterocycles. The zero-order valence-electron chi connectivity index (χ0n) is 14.0. The van der Waals surface area contributed by atoms with Gasteiger partial charge in [0, 0.05) is 30.7 Å². The van der Waals surface area contributed by atoms with Crippen LogP contribution in [0.25, 0.3) is 11.0 Å². The van der Waals surface area contributed by atoms with Crippen molar-refractivity contribution in [1.29, 1.82) is 0 Å². The summed E-state index contributed by atoms with van der Waals surface area (Å²) in [5, 5.41) is 9.27. The number of nitrogens with one attached hydrogen (secondary N) is 1. The SMILES string of the molecule is C/C(=N/NC(=O)c1cc(C)nc2c1c(C)nn2C)c1cccnc1. The van der Waals surface area contributed by atoms with Crippen molar-refractivity contribution >= 4 is 22.7 Å². The molecule has 7 heteroatoms. The minimum Gasteiger partial charge on any atom is -0.267 e. The number of hydrogen-bond donors (Lipinski definition) is 1. The number of carbonyl (C=O) groups is 1. The first kappa shape index (κ1) is 15.8. The van der Waals surface area contributed by atoms with Crippen LogP contribution >= 0.6 is 0 Å². The highest BCUT2D eigenvalue weighted by atomic mass is 16.2.